The number of para-hydroxylation sites is 1. The monoisotopic (exact) mass is 474 g/mol. The van der Waals surface area contributed by atoms with Gasteiger partial charge in [0.15, 0.2) is 0 Å². The highest BCUT2D eigenvalue weighted by Crippen LogP contribution is 2.28. The van der Waals surface area contributed by atoms with E-state index in [0.717, 1.165) is 9.80 Å². The molecule has 35 heavy (non-hydrogen) atoms. The minimum Gasteiger partial charge on any atom is -0.465 e. The number of anilines is 1. The number of benzene rings is 2. The van der Waals surface area contributed by atoms with Gasteiger partial charge in [-0.2, -0.15) is 0 Å². The fourth-order valence-corrected chi connectivity index (χ4v) is 3.58. The van der Waals surface area contributed by atoms with Crippen molar-refractivity contribution in [2.45, 2.75) is 0 Å². The van der Waals surface area contributed by atoms with Gasteiger partial charge in [0.25, 0.3) is 11.8 Å². The first-order chi connectivity index (χ1) is 16.9. The van der Waals surface area contributed by atoms with Crippen LogP contribution in [0.4, 0.5) is 10.5 Å². The van der Waals surface area contributed by atoms with Crippen molar-refractivity contribution >= 4 is 35.6 Å². The molecule has 0 aliphatic carbocycles. The van der Waals surface area contributed by atoms with Gasteiger partial charge >= 0.3 is 12.0 Å². The molecule has 0 atom stereocenters. The molecule has 2 aromatic carbocycles. The van der Waals surface area contributed by atoms with Crippen LogP contribution in [0.3, 0.4) is 0 Å². The van der Waals surface area contributed by atoms with Crippen molar-refractivity contribution < 1.29 is 33.1 Å². The van der Waals surface area contributed by atoms with E-state index in [4.69, 9.17) is 13.9 Å². The molecule has 1 saturated heterocycles. The molecular formula is C26H22N2O7. The van der Waals surface area contributed by atoms with Crippen LogP contribution in [0.5, 0.6) is 0 Å². The largest absolute Gasteiger partial charge is 0.465 e. The van der Waals surface area contributed by atoms with Gasteiger partial charge in [-0.1, -0.05) is 30.3 Å². The van der Waals surface area contributed by atoms with Crippen LogP contribution in [0.2, 0.25) is 0 Å². The molecule has 0 N–H and O–H groups in total. The lowest BCUT2D eigenvalue weighted by molar-refractivity contribution is -0.129. The van der Waals surface area contributed by atoms with Crippen molar-refractivity contribution in [2.75, 3.05) is 32.3 Å². The summed E-state index contributed by atoms with van der Waals surface area (Å²) >= 11 is 0. The van der Waals surface area contributed by atoms with E-state index in [9.17, 15) is 19.2 Å². The van der Waals surface area contributed by atoms with E-state index in [1.54, 1.807) is 66.7 Å². The molecule has 0 saturated carbocycles. The predicted octanol–water partition coefficient (Wildman–Crippen LogP) is 3.76. The first kappa shape index (κ1) is 23.7. The molecule has 2 heterocycles. The highest BCUT2D eigenvalue weighted by Gasteiger charge is 2.42. The summed E-state index contributed by atoms with van der Waals surface area (Å²) in [7, 11) is 2.76. The molecule has 1 fully saturated rings. The predicted molar refractivity (Wildman–Crippen MR) is 126 cm³/mol. The second kappa shape index (κ2) is 10.2. The van der Waals surface area contributed by atoms with E-state index < -0.39 is 23.8 Å². The van der Waals surface area contributed by atoms with Gasteiger partial charge in [-0.15, -0.1) is 0 Å². The quantitative estimate of drug-likeness (QED) is 0.292. The van der Waals surface area contributed by atoms with Crippen LogP contribution >= 0.6 is 0 Å². The molecule has 3 aromatic rings. The summed E-state index contributed by atoms with van der Waals surface area (Å²) in [5.41, 5.74) is 1.21. The summed E-state index contributed by atoms with van der Waals surface area (Å²) in [6.07, 6.45) is 1.32. The van der Waals surface area contributed by atoms with Crippen molar-refractivity contribution in [3.05, 3.63) is 83.6 Å². The number of methoxy groups -OCH3 is 2. The van der Waals surface area contributed by atoms with Gasteiger partial charge < -0.3 is 13.9 Å². The summed E-state index contributed by atoms with van der Waals surface area (Å²) in [5.74, 6) is -1.21. The van der Waals surface area contributed by atoms with Crippen molar-refractivity contribution in [1.29, 1.82) is 0 Å². The van der Waals surface area contributed by atoms with Crippen molar-refractivity contribution in [3.8, 4) is 11.3 Å². The number of hydrogen-bond donors (Lipinski definition) is 0. The molecule has 1 aliphatic heterocycles. The molecule has 178 valence electrons. The molecule has 0 unspecified atom stereocenters. The molecule has 1 aliphatic rings. The van der Waals surface area contributed by atoms with Gasteiger partial charge in [-0.3, -0.25) is 14.5 Å². The summed E-state index contributed by atoms with van der Waals surface area (Å²) in [6.45, 7) is 0.103. The summed E-state index contributed by atoms with van der Waals surface area (Å²) in [5, 5.41) is 0. The number of rotatable bonds is 7. The Morgan fingerprint density at radius 1 is 0.914 bits per heavy atom. The van der Waals surface area contributed by atoms with E-state index in [1.165, 1.54) is 20.3 Å². The maximum atomic E-state index is 13.2. The fraction of sp³-hybridized carbons (Fsp3) is 0.154. The van der Waals surface area contributed by atoms with E-state index in [-0.39, 0.29) is 24.5 Å². The van der Waals surface area contributed by atoms with Crippen molar-refractivity contribution in [3.63, 3.8) is 0 Å². The maximum Gasteiger partial charge on any atom is 0.338 e. The van der Waals surface area contributed by atoms with E-state index in [2.05, 4.69) is 0 Å². The van der Waals surface area contributed by atoms with Gasteiger partial charge in [0.1, 0.15) is 17.1 Å². The summed E-state index contributed by atoms with van der Waals surface area (Å²) in [4.78, 5) is 52.9. The molecule has 4 rings (SSSR count). The second-order valence-corrected chi connectivity index (χ2v) is 7.54. The topological polar surface area (TPSA) is 106 Å². The maximum absolute atomic E-state index is 13.2. The van der Waals surface area contributed by atoms with Gasteiger partial charge in [0, 0.05) is 12.7 Å². The first-order valence-electron chi connectivity index (χ1n) is 10.7. The van der Waals surface area contributed by atoms with Gasteiger partial charge in [-0.25, -0.2) is 14.5 Å². The smallest absolute Gasteiger partial charge is 0.338 e. The van der Waals surface area contributed by atoms with Crippen molar-refractivity contribution in [2.24, 2.45) is 0 Å². The first-order valence-corrected chi connectivity index (χ1v) is 10.7. The molecular weight excluding hydrogens is 452 g/mol. The van der Waals surface area contributed by atoms with Crippen molar-refractivity contribution in [1.82, 2.24) is 4.90 Å². The zero-order chi connectivity index (χ0) is 24.9. The molecule has 9 heteroatoms. The van der Waals surface area contributed by atoms with Crippen LogP contribution in [0.15, 0.2) is 76.7 Å². The summed E-state index contributed by atoms with van der Waals surface area (Å²) < 4.78 is 15.6. The standard InChI is InChI=1S/C26H22N2O7/c1-33-15-14-27-23(29)21(24(30)28(26(27)32)19-6-4-3-5-7-19)16-20-12-13-22(35-20)17-8-10-18(11-9-17)25(31)34-2/h3-13,16H,14-15H2,1-2H3/b21-16-. The third kappa shape index (κ3) is 4.75. The number of ether oxygens (including phenoxy) is 2. The second-order valence-electron chi connectivity index (χ2n) is 7.54. The van der Waals surface area contributed by atoms with Crippen LogP contribution in [0, 0.1) is 0 Å². The third-order valence-electron chi connectivity index (χ3n) is 5.37. The lowest BCUT2D eigenvalue weighted by Crippen LogP contribution is -2.57. The van der Waals surface area contributed by atoms with Crippen LogP contribution < -0.4 is 4.90 Å². The van der Waals surface area contributed by atoms with Crippen LogP contribution in [-0.2, 0) is 19.1 Å². The molecule has 0 radical (unpaired) electrons. The zero-order valence-corrected chi connectivity index (χ0v) is 19.1. The number of carbonyl (C=O) groups excluding carboxylic acids is 4. The van der Waals surface area contributed by atoms with Crippen LogP contribution in [-0.4, -0.2) is 56.1 Å². The normalized spacial score (nSPS) is 15.1. The lowest BCUT2D eigenvalue weighted by atomic mass is 10.1. The van der Waals surface area contributed by atoms with Gasteiger partial charge in [-0.05, 0) is 42.5 Å². The van der Waals surface area contributed by atoms with E-state index in [1.807, 2.05) is 0 Å². The number of furan rings is 1. The lowest BCUT2D eigenvalue weighted by Gasteiger charge is -2.33. The Morgan fingerprint density at radius 2 is 1.63 bits per heavy atom. The van der Waals surface area contributed by atoms with Gasteiger partial charge in [0.05, 0.1) is 31.5 Å². The van der Waals surface area contributed by atoms with E-state index in [0.29, 0.717) is 22.6 Å². The Labute approximate surface area is 201 Å². The molecule has 9 nitrogen and oxygen atoms in total. The Hall–Kier alpha value is -4.50. The van der Waals surface area contributed by atoms with Crippen LogP contribution in [0.1, 0.15) is 16.1 Å². The number of amides is 4. The molecule has 1 aromatic heterocycles. The number of nitrogens with zero attached hydrogens (tertiary/aromatic N) is 2. The fourth-order valence-electron chi connectivity index (χ4n) is 3.58. The SMILES string of the molecule is COCCN1C(=O)/C(=C/c2ccc(-c3ccc(C(=O)OC)cc3)o2)C(=O)N(c2ccccc2)C1=O. The Morgan fingerprint density at radius 3 is 2.29 bits per heavy atom. The molecule has 0 bridgehead atoms. The van der Waals surface area contributed by atoms with Crippen LogP contribution in [0.25, 0.3) is 17.4 Å². The Balaban J connectivity index is 1.67. The average molecular weight is 474 g/mol. The third-order valence-corrected chi connectivity index (χ3v) is 5.37. The number of esters is 1. The highest BCUT2D eigenvalue weighted by molar-refractivity contribution is 6.39. The Bertz CT molecular complexity index is 1290. The summed E-state index contributed by atoms with van der Waals surface area (Å²) in [6, 6.07) is 17.5. The minimum atomic E-state index is -0.750. The van der Waals surface area contributed by atoms with Gasteiger partial charge in [0.2, 0.25) is 0 Å². The Kier molecular flexibility index (Phi) is 6.88. The number of barbiturate groups is 1. The number of hydrogen-bond acceptors (Lipinski definition) is 7. The minimum absolute atomic E-state index is 0.0158. The highest BCUT2D eigenvalue weighted by atomic mass is 16.5. The molecule has 0 spiro atoms. The number of urea groups is 1. The molecule has 4 amide bonds. The zero-order valence-electron chi connectivity index (χ0n) is 19.1. The average Bonchev–Trinajstić information content (AvgIpc) is 3.35. The number of imide groups is 2. The number of carbonyl (C=O) groups is 4. The van der Waals surface area contributed by atoms with E-state index >= 15 is 0 Å².